The molecule has 1 aromatic rings. The molecule has 0 unspecified atom stereocenters. The Balaban J connectivity index is 3.43. The van der Waals surface area contributed by atoms with Gasteiger partial charge < -0.3 is 14.6 Å². The maximum Gasteiger partial charge on any atom is 0.175 e. The molecule has 14 heavy (non-hydrogen) atoms. The highest BCUT2D eigenvalue weighted by molar-refractivity contribution is 9.10. The van der Waals surface area contributed by atoms with Gasteiger partial charge in [-0.05, 0) is 22.0 Å². The van der Waals surface area contributed by atoms with Gasteiger partial charge in [-0.2, -0.15) is 0 Å². The number of ether oxygens (including phenoxy) is 2. The highest BCUT2D eigenvalue weighted by Crippen LogP contribution is 2.41. The summed E-state index contributed by atoms with van der Waals surface area (Å²) in [6.45, 7) is -0.189. The molecule has 1 N–H and O–H groups in total. The van der Waals surface area contributed by atoms with Crippen LogP contribution in [0.4, 0.5) is 0 Å². The zero-order valence-electron chi connectivity index (χ0n) is 7.80. The minimum Gasteiger partial charge on any atom is -0.492 e. The molecule has 0 atom stereocenters. The van der Waals surface area contributed by atoms with Gasteiger partial charge in [0.2, 0.25) is 0 Å². The minimum absolute atomic E-state index is 0.189. The Hall–Kier alpha value is -0.450. The Morgan fingerprint density at radius 1 is 1.36 bits per heavy atom. The SMILES string of the molecule is COc1c(Br)cc(Cl)c(CO)c1OC. The number of methoxy groups -OCH3 is 2. The average molecular weight is 282 g/mol. The van der Waals surface area contributed by atoms with E-state index in [9.17, 15) is 0 Å². The summed E-state index contributed by atoms with van der Waals surface area (Å²) in [5.41, 5.74) is 0.522. The molecule has 0 amide bonds. The molecule has 0 saturated carbocycles. The molecule has 78 valence electrons. The van der Waals surface area contributed by atoms with Crippen LogP contribution in [0.1, 0.15) is 5.56 Å². The highest BCUT2D eigenvalue weighted by Gasteiger charge is 2.16. The van der Waals surface area contributed by atoms with E-state index in [4.69, 9.17) is 26.2 Å². The van der Waals surface area contributed by atoms with E-state index in [1.54, 1.807) is 6.07 Å². The van der Waals surface area contributed by atoms with Crippen molar-refractivity contribution in [1.82, 2.24) is 0 Å². The first-order chi connectivity index (χ1) is 6.65. The van der Waals surface area contributed by atoms with E-state index in [1.165, 1.54) is 14.2 Å². The van der Waals surface area contributed by atoms with Crippen LogP contribution in [0.3, 0.4) is 0 Å². The van der Waals surface area contributed by atoms with Gasteiger partial charge >= 0.3 is 0 Å². The molecule has 0 radical (unpaired) electrons. The molecular weight excluding hydrogens is 271 g/mol. The zero-order valence-corrected chi connectivity index (χ0v) is 10.1. The summed E-state index contributed by atoms with van der Waals surface area (Å²) in [4.78, 5) is 0. The zero-order chi connectivity index (χ0) is 10.7. The second-order valence-electron chi connectivity index (χ2n) is 2.54. The summed E-state index contributed by atoms with van der Waals surface area (Å²) in [6.07, 6.45) is 0. The van der Waals surface area contributed by atoms with Gasteiger partial charge in [-0.1, -0.05) is 11.6 Å². The summed E-state index contributed by atoms with van der Waals surface area (Å²) < 4.78 is 10.9. The lowest BCUT2D eigenvalue weighted by molar-refractivity contribution is 0.270. The monoisotopic (exact) mass is 280 g/mol. The van der Waals surface area contributed by atoms with Crippen LogP contribution in [0.5, 0.6) is 11.5 Å². The number of hydrogen-bond acceptors (Lipinski definition) is 3. The van der Waals surface area contributed by atoms with Crippen molar-refractivity contribution < 1.29 is 14.6 Å². The molecule has 5 heteroatoms. The lowest BCUT2D eigenvalue weighted by Gasteiger charge is -2.14. The van der Waals surface area contributed by atoms with E-state index >= 15 is 0 Å². The number of aliphatic hydroxyl groups is 1. The summed E-state index contributed by atoms with van der Waals surface area (Å²) >= 11 is 9.21. The topological polar surface area (TPSA) is 38.7 Å². The molecule has 0 aromatic heterocycles. The quantitative estimate of drug-likeness (QED) is 0.925. The Kier molecular flexibility index (Phi) is 4.04. The smallest absolute Gasteiger partial charge is 0.175 e. The van der Waals surface area contributed by atoms with E-state index in [0.29, 0.717) is 26.6 Å². The van der Waals surface area contributed by atoms with Crippen molar-refractivity contribution in [3.8, 4) is 11.5 Å². The summed E-state index contributed by atoms with van der Waals surface area (Å²) in [6, 6.07) is 1.66. The Bertz CT molecular complexity index is 313. The van der Waals surface area contributed by atoms with Crippen molar-refractivity contribution in [2.45, 2.75) is 6.61 Å². The lowest BCUT2D eigenvalue weighted by atomic mass is 10.2. The van der Waals surface area contributed by atoms with Crippen LogP contribution >= 0.6 is 27.5 Å². The third-order valence-electron chi connectivity index (χ3n) is 1.81. The maximum absolute atomic E-state index is 9.11. The predicted molar refractivity (Wildman–Crippen MR) is 58.2 cm³/mol. The molecule has 0 heterocycles. The fourth-order valence-electron chi connectivity index (χ4n) is 1.17. The van der Waals surface area contributed by atoms with E-state index in [1.807, 2.05) is 0 Å². The predicted octanol–water partition coefficient (Wildman–Crippen LogP) is 2.61. The largest absolute Gasteiger partial charge is 0.492 e. The first-order valence-corrected chi connectivity index (χ1v) is 5.02. The van der Waals surface area contributed by atoms with Gasteiger partial charge in [-0.15, -0.1) is 0 Å². The van der Waals surface area contributed by atoms with Crippen LogP contribution in [0.15, 0.2) is 10.5 Å². The molecular formula is C9H10BrClO3. The van der Waals surface area contributed by atoms with Crippen molar-refractivity contribution in [2.75, 3.05) is 14.2 Å². The first kappa shape index (κ1) is 11.6. The fraction of sp³-hybridized carbons (Fsp3) is 0.333. The van der Waals surface area contributed by atoms with Crippen LogP contribution in [0.2, 0.25) is 5.02 Å². The van der Waals surface area contributed by atoms with E-state index in [-0.39, 0.29) is 6.61 Å². The van der Waals surface area contributed by atoms with E-state index in [2.05, 4.69) is 15.9 Å². The molecule has 0 aliphatic carbocycles. The van der Waals surface area contributed by atoms with Gasteiger partial charge in [-0.25, -0.2) is 0 Å². The average Bonchev–Trinajstić information content (AvgIpc) is 2.16. The van der Waals surface area contributed by atoms with Crippen LogP contribution in [0, 0.1) is 0 Å². The van der Waals surface area contributed by atoms with E-state index < -0.39 is 0 Å². The summed E-state index contributed by atoms with van der Waals surface area (Å²) in [7, 11) is 3.03. The minimum atomic E-state index is -0.189. The van der Waals surface area contributed by atoms with Gasteiger partial charge in [0.1, 0.15) is 0 Å². The number of rotatable bonds is 3. The van der Waals surface area contributed by atoms with Crippen molar-refractivity contribution in [2.24, 2.45) is 0 Å². The summed E-state index contributed by atoms with van der Waals surface area (Å²) in [5, 5.41) is 9.55. The van der Waals surface area contributed by atoms with Gasteiger partial charge in [-0.3, -0.25) is 0 Å². The third-order valence-corrected chi connectivity index (χ3v) is 2.73. The Morgan fingerprint density at radius 2 is 1.93 bits per heavy atom. The molecule has 3 nitrogen and oxygen atoms in total. The van der Waals surface area contributed by atoms with Crippen LogP contribution < -0.4 is 9.47 Å². The molecule has 1 aromatic carbocycles. The van der Waals surface area contributed by atoms with Crippen LogP contribution in [0.25, 0.3) is 0 Å². The van der Waals surface area contributed by atoms with Crippen molar-refractivity contribution >= 4 is 27.5 Å². The Labute approximate surface area is 95.7 Å². The van der Waals surface area contributed by atoms with Crippen molar-refractivity contribution in [1.29, 1.82) is 0 Å². The number of halogens is 2. The fourth-order valence-corrected chi connectivity index (χ4v) is 2.13. The normalized spacial score (nSPS) is 10.1. The highest BCUT2D eigenvalue weighted by atomic mass is 79.9. The molecule has 0 aliphatic rings. The molecule has 0 spiro atoms. The maximum atomic E-state index is 9.11. The molecule has 0 aliphatic heterocycles. The van der Waals surface area contributed by atoms with Crippen molar-refractivity contribution in [3.63, 3.8) is 0 Å². The summed E-state index contributed by atoms with van der Waals surface area (Å²) in [5.74, 6) is 0.982. The van der Waals surface area contributed by atoms with Crippen LogP contribution in [-0.4, -0.2) is 19.3 Å². The first-order valence-electron chi connectivity index (χ1n) is 3.85. The molecule has 0 bridgehead atoms. The number of benzene rings is 1. The van der Waals surface area contributed by atoms with Gasteiger partial charge in [0.05, 0.1) is 30.3 Å². The number of hydrogen-bond donors (Lipinski definition) is 1. The number of aliphatic hydroxyl groups excluding tert-OH is 1. The molecule has 0 saturated heterocycles. The molecule has 1 rings (SSSR count). The molecule has 0 fully saturated rings. The van der Waals surface area contributed by atoms with Gasteiger partial charge in [0, 0.05) is 5.56 Å². The van der Waals surface area contributed by atoms with Crippen molar-refractivity contribution in [3.05, 3.63) is 21.1 Å². The van der Waals surface area contributed by atoms with Crippen LogP contribution in [-0.2, 0) is 6.61 Å². The van der Waals surface area contributed by atoms with E-state index in [0.717, 1.165) is 0 Å². The second kappa shape index (κ2) is 4.87. The third kappa shape index (κ3) is 1.97. The Morgan fingerprint density at radius 3 is 2.36 bits per heavy atom. The van der Waals surface area contributed by atoms with Gasteiger partial charge in [0.15, 0.2) is 11.5 Å². The lowest BCUT2D eigenvalue weighted by Crippen LogP contribution is -1.98. The second-order valence-corrected chi connectivity index (χ2v) is 3.80. The standard InChI is InChI=1S/C9H10BrClO3/c1-13-8-5(4-12)7(11)3-6(10)9(8)14-2/h3,12H,4H2,1-2H3. The van der Waals surface area contributed by atoms with Gasteiger partial charge in [0.25, 0.3) is 0 Å².